The third kappa shape index (κ3) is 3.71. The Balaban J connectivity index is 0.000000561. The number of hydrogen-bond donors (Lipinski definition) is 1. The van der Waals surface area contributed by atoms with Gasteiger partial charge in [0.15, 0.2) is 0 Å². The summed E-state index contributed by atoms with van der Waals surface area (Å²) in [5.41, 5.74) is 0. The largest absolute Gasteiger partial charge is 0.294 e. The van der Waals surface area contributed by atoms with Crippen molar-refractivity contribution in [3.8, 4) is 0 Å². The van der Waals surface area contributed by atoms with Crippen molar-refractivity contribution in [2.75, 3.05) is 6.38 Å². The summed E-state index contributed by atoms with van der Waals surface area (Å²) in [6.45, 7) is 0. The number of benzene rings is 1. The molecule has 0 saturated heterocycles. The third-order valence-corrected chi connectivity index (χ3v) is 1.91. The molecule has 68 valence electrons. The van der Waals surface area contributed by atoms with Crippen LogP contribution in [0.4, 0.5) is 0 Å². The van der Waals surface area contributed by atoms with Crippen LogP contribution in [0.5, 0.6) is 0 Å². The predicted octanol–water partition coefficient (Wildman–Crippen LogP) is 1.79. The monoisotopic (exact) mass is 208 g/mol. The maximum Gasteiger partial charge on any atom is 0.294 e. The van der Waals surface area contributed by atoms with Crippen LogP contribution in [0.1, 0.15) is 0 Å². The normalized spacial score (nSPS) is 9.92. The molecule has 1 N–H and O–H groups in total. The molecule has 0 bridgehead atoms. The maximum atomic E-state index is 10.4. The van der Waals surface area contributed by atoms with Crippen LogP contribution in [0, 0.1) is 0 Å². The van der Waals surface area contributed by atoms with E-state index in [0.717, 1.165) is 0 Å². The van der Waals surface area contributed by atoms with Crippen LogP contribution in [0.15, 0.2) is 35.2 Å². The highest BCUT2D eigenvalue weighted by atomic mass is 35.5. The van der Waals surface area contributed by atoms with Gasteiger partial charge in [0.05, 0.1) is 4.90 Å². The second kappa shape index (κ2) is 5.13. The van der Waals surface area contributed by atoms with Crippen molar-refractivity contribution >= 4 is 21.7 Å². The summed E-state index contributed by atoms with van der Waals surface area (Å²) in [5, 5.41) is 0. The minimum atomic E-state index is -4.00. The minimum absolute atomic E-state index is 0.0741. The van der Waals surface area contributed by atoms with Gasteiger partial charge in [-0.2, -0.15) is 8.42 Å². The molecule has 1 aromatic rings. The van der Waals surface area contributed by atoms with Crippen LogP contribution in [0.2, 0.25) is 0 Å². The van der Waals surface area contributed by atoms with Crippen molar-refractivity contribution in [2.24, 2.45) is 0 Å². The first kappa shape index (κ1) is 11.4. The zero-order valence-corrected chi connectivity index (χ0v) is 8.01. The summed E-state index contributed by atoms with van der Waals surface area (Å²) < 4.78 is 29.2. The van der Waals surface area contributed by atoms with E-state index < -0.39 is 10.1 Å². The molecule has 0 spiro atoms. The van der Waals surface area contributed by atoms with E-state index in [1.54, 1.807) is 18.2 Å². The molecule has 0 aromatic heterocycles. The Morgan fingerprint density at radius 3 is 1.83 bits per heavy atom. The molecule has 3 nitrogen and oxygen atoms in total. The molecule has 0 amide bonds. The van der Waals surface area contributed by atoms with Crippen LogP contribution >= 0.6 is 11.6 Å². The fourth-order valence-corrected chi connectivity index (χ4v) is 1.09. The highest BCUT2D eigenvalue weighted by Crippen LogP contribution is 2.05. The summed E-state index contributed by atoms with van der Waals surface area (Å²) in [6, 6.07) is 7.42. The van der Waals surface area contributed by atoms with Crippen molar-refractivity contribution in [3.63, 3.8) is 0 Å². The Hall–Kier alpha value is -0.580. The topological polar surface area (TPSA) is 54.4 Å². The summed E-state index contributed by atoms with van der Waals surface area (Å²) in [7, 11) is -4.00. The van der Waals surface area contributed by atoms with Crippen molar-refractivity contribution in [1.29, 1.82) is 0 Å². The number of rotatable bonds is 1. The summed E-state index contributed by atoms with van der Waals surface area (Å²) in [6.07, 6.45) is 1.47. The van der Waals surface area contributed by atoms with Crippen molar-refractivity contribution in [3.05, 3.63) is 30.3 Å². The standard InChI is InChI=1S/C6H6O3S.CH3Cl/c7-10(8,9)6-4-2-1-3-5-6;1-2/h1-5H,(H,7,8,9);1H3. The molecule has 0 radical (unpaired) electrons. The quantitative estimate of drug-likeness (QED) is 0.566. The number of halogens is 1. The van der Waals surface area contributed by atoms with Crippen LogP contribution in [0.25, 0.3) is 0 Å². The fourth-order valence-electron chi connectivity index (χ4n) is 0.592. The molecule has 1 aromatic carbocycles. The first-order chi connectivity index (χ1) is 5.61. The van der Waals surface area contributed by atoms with Crippen LogP contribution in [-0.2, 0) is 10.1 Å². The van der Waals surface area contributed by atoms with Gasteiger partial charge in [0.25, 0.3) is 10.1 Å². The molecule has 5 heteroatoms. The van der Waals surface area contributed by atoms with Gasteiger partial charge in [0.2, 0.25) is 0 Å². The van der Waals surface area contributed by atoms with Crippen LogP contribution < -0.4 is 0 Å². The molecular formula is C7H9ClO3S. The second-order valence-electron chi connectivity index (χ2n) is 1.79. The highest BCUT2D eigenvalue weighted by Gasteiger charge is 2.05. The van der Waals surface area contributed by atoms with Gasteiger partial charge in [-0.05, 0) is 12.1 Å². The molecule has 0 fully saturated rings. The van der Waals surface area contributed by atoms with Gasteiger partial charge in [-0.1, -0.05) is 18.2 Å². The lowest BCUT2D eigenvalue weighted by Crippen LogP contribution is -1.96. The Kier molecular flexibility index (Phi) is 4.89. The molecule has 12 heavy (non-hydrogen) atoms. The fraction of sp³-hybridized carbons (Fsp3) is 0.143. The lowest BCUT2D eigenvalue weighted by Gasteiger charge is -1.92. The predicted molar refractivity (Wildman–Crippen MR) is 48.0 cm³/mol. The third-order valence-electron chi connectivity index (χ3n) is 1.04. The van der Waals surface area contributed by atoms with Crippen LogP contribution in [-0.4, -0.2) is 19.4 Å². The molecule has 0 aliphatic rings. The van der Waals surface area contributed by atoms with E-state index in [4.69, 9.17) is 4.55 Å². The zero-order valence-electron chi connectivity index (χ0n) is 6.44. The second-order valence-corrected chi connectivity index (χ2v) is 3.21. The van der Waals surface area contributed by atoms with E-state index >= 15 is 0 Å². The average molecular weight is 209 g/mol. The van der Waals surface area contributed by atoms with E-state index in [-0.39, 0.29) is 4.90 Å². The van der Waals surface area contributed by atoms with Crippen molar-refractivity contribution in [2.45, 2.75) is 4.90 Å². The number of alkyl halides is 1. The van der Waals surface area contributed by atoms with Gasteiger partial charge >= 0.3 is 0 Å². The molecule has 0 saturated carbocycles. The lowest BCUT2D eigenvalue weighted by molar-refractivity contribution is 0.483. The zero-order chi connectivity index (χ0) is 9.61. The van der Waals surface area contributed by atoms with Gasteiger partial charge in [-0.15, -0.1) is 11.6 Å². The smallest absolute Gasteiger partial charge is 0.282 e. The highest BCUT2D eigenvalue weighted by molar-refractivity contribution is 7.85. The molecule has 0 heterocycles. The van der Waals surface area contributed by atoms with E-state index in [9.17, 15) is 8.42 Å². The minimum Gasteiger partial charge on any atom is -0.282 e. The van der Waals surface area contributed by atoms with Crippen molar-refractivity contribution in [1.82, 2.24) is 0 Å². The first-order valence-electron chi connectivity index (χ1n) is 3.01. The van der Waals surface area contributed by atoms with E-state index in [0.29, 0.717) is 0 Å². The molecule has 0 aliphatic heterocycles. The molecular weight excluding hydrogens is 200 g/mol. The van der Waals surface area contributed by atoms with E-state index in [1.165, 1.54) is 18.5 Å². The van der Waals surface area contributed by atoms with Gasteiger partial charge in [-0.3, -0.25) is 4.55 Å². The van der Waals surface area contributed by atoms with E-state index in [1.807, 2.05) is 0 Å². The molecule has 1 rings (SSSR count). The Morgan fingerprint density at radius 1 is 1.17 bits per heavy atom. The molecule has 0 unspecified atom stereocenters. The Bertz CT molecular complexity index is 307. The number of hydrogen-bond acceptors (Lipinski definition) is 2. The SMILES string of the molecule is CCl.O=S(=O)(O)c1ccccc1. The molecule has 0 atom stereocenters. The van der Waals surface area contributed by atoms with Crippen LogP contribution in [0.3, 0.4) is 0 Å². The summed E-state index contributed by atoms with van der Waals surface area (Å²) in [5.74, 6) is 0. The lowest BCUT2D eigenvalue weighted by atomic mass is 10.4. The average Bonchev–Trinajstić information content (AvgIpc) is 2.08. The van der Waals surface area contributed by atoms with Gasteiger partial charge in [-0.25, -0.2) is 0 Å². The Morgan fingerprint density at radius 2 is 1.58 bits per heavy atom. The van der Waals surface area contributed by atoms with Gasteiger partial charge < -0.3 is 0 Å². The van der Waals surface area contributed by atoms with Gasteiger partial charge in [0, 0.05) is 6.38 Å². The maximum absolute atomic E-state index is 10.4. The van der Waals surface area contributed by atoms with Crippen molar-refractivity contribution < 1.29 is 13.0 Å². The first-order valence-corrected chi connectivity index (χ1v) is 5.20. The summed E-state index contributed by atoms with van der Waals surface area (Å²) in [4.78, 5) is -0.0741. The summed E-state index contributed by atoms with van der Waals surface area (Å²) >= 11 is 4.64. The molecule has 0 aliphatic carbocycles. The van der Waals surface area contributed by atoms with E-state index in [2.05, 4.69) is 11.6 Å². The Labute approximate surface area is 76.7 Å². The van der Waals surface area contributed by atoms with Gasteiger partial charge in [0.1, 0.15) is 0 Å².